The second kappa shape index (κ2) is 5.59. The molecule has 2 unspecified atom stereocenters. The summed E-state index contributed by atoms with van der Waals surface area (Å²) >= 11 is 0. The van der Waals surface area contributed by atoms with Gasteiger partial charge in [0.15, 0.2) is 0 Å². The minimum atomic E-state index is -0.118. The maximum atomic E-state index is 13.3. The standard InChI is InChI=1S/C16H23FN2/c1-2-18-14-9-15-6-7-16(10-14)19(15)11-12-4-3-5-13(17)8-12/h3-5,8,14-16,18H,2,6-7,9-11H2,1H3. The van der Waals surface area contributed by atoms with E-state index >= 15 is 0 Å². The fraction of sp³-hybridized carbons (Fsp3) is 0.625. The Balaban J connectivity index is 1.67. The summed E-state index contributed by atoms with van der Waals surface area (Å²) in [5.74, 6) is -0.118. The molecule has 0 saturated carbocycles. The Bertz CT molecular complexity index is 421. The third-order valence-electron chi connectivity index (χ3n) is 4.63. The number of nitrogens with zero attached hydrogens (tertiary/aromatic N) is 1. The normalized spacial score (nSPS) is 30.7. The Morgan fingerprint density at radius 2 is 2.00 bits per heavy atom. The van der Waals surface area contributed by atoms with Crippen LogP contribution in [0.15, 0.2) is 24.3 Å². The van der Waals surface area contributed by atoms with E-state index in [9.17, 15) is 4.39 Å². The summed E-state index contributed by atoms with van der Waals surface area (Å²) < 4.78 is 13.3. The van der Waals surface area contributed by atoms with Gasteiger partial charge >= 0.3 is 0 Å². The molecule has 3 heteroatoms. The molecule has 1 N–H and O–H groups in total. The molecular weight excluding hydrogens is 239 g/mol. The van der Waals surface area contributed by atoms with Crippen LogP contribution in [-0.2, 0) is 6.54 Å². The first-order chi connectivity index (χ1) is 9.26. The zero-order chi connectivity index (χ0) is 13.2. The van der Waals surface area contributed by atoms with E-state index < -0.39 is 0 Å². The molecule has 2 fully saturated rings. The first kappa shape index (κ1) is 13.1. The van der Waals surface area contributed by atoms with E-state index in [-0.39, 0.29) is 5.82 Å². The molecule has 2 heterocycles. The predicted octanol–water partition coefficient (Wildman–Crippen LogP) is 2.93. The molecule has 1 aromatic carbocycles. The van der Waals surface area contributed by atoms with Gasteiger partial charge in [0.2, 0.25) is 0 Å². The third-order valence-corrected chi connectivity index (χ3v) is 4.63. The van der Waals surface area contributed by atoms with Crippen molar-refractivity contribution in [2.75, 3.05) is 6.54 Å². The molecule has 0 aliphatic carbocycles. The SMILES string of the molecule is CCNC1CC2CCC(C1)N2Cc1cccc(F)c1. The summed E-state index contributed by atoms with van der Waals surface area (Å²) in [6.07, 6.45) is 5.11. The number of fused-ring (bicyclic) bond motifs is 2. The first-order valence-corrected chi connectivity index (χ1v) is 7.50. The first-order valence-electron chi connectivity index (χ1n) is 7.50. The van der Waals surface area contributed by atoms with Crippen molar-refractivity contribution in [3.05, 3.63) is 35.6 Å². The molecule has 0 spiro atoms. The van der Waals surface area contributed by atoms with Crippen LogP contribution in [0.3, 0.4) is 0 Å². The van der Waals surface area contributed by atoms with Gasteiger partial charge in [0.25, 0.3) is 0 Å². The van der Waals surface area contributed by atoms with Gasteiger partial charge in [-0.05, 0) is 49.9 Å². The van der Waals surface area contributed by atoms with Gasteiger partial charge < -0.3 is 5.32 Å². The lowest BCUT2D eigenvalue weighted by atomic mass is 9.96. The highest BCUT2D eigenvalue weighted by molar-refractivity contribution is 5.17. The third kappa shape index (κ3) is 2.82. The van der Waals surface area contributed by atoms with E-state index in [4.69, 9.17) is 0 Å². The van der Waals surface area contributed by atoms with Gasteiger partial charge in [-0.25, -0.2) is 4.39 Å². The van der Waals surface area contributed by atoms with Crippen molar-refractivity contribution in [2.45, 2.75) is 57.3 Å². The number of rotatable bonds is 4. The smallest absolute Gasteiger partial charge is 0.123 e. The Hall–Kier alpha value is -0.930. The average molecular weight is 262 g/mol. The van der Waals surface area contributed by atoms with Gasteiger partial charge in [0.05, 0.1) is 0 Å². The molecule has 2 saturated heterocycles. The van der Waals surface area contributed by atoms with E-state index in [1.807, 2.05) is 12.1 Å². The predicted molar refractivity (Wildman–Crippen MR) is 75.5 cm³/mol. The van der Waals surface area contributed by atoms with E-state index in [0.29, 0.717) is 18.1 Å². The summed E-state index contributed by atoms with van der Waals surface area (Å²) in [7, 11) is 0. The van der Waals surface area contributed by atoms with Gasteiger partial charge in [-0.3, -0.25) is 4.90 Å². The number of piperidine rings is 1. The topological polar surface area (TPSA) is 15.3 Å². The van der Waals surface area contributed by atoms with E-state index in [1.54, 1.807) is 6.07 Å². The summed E-state index contributed by atoms with van der Waals surface area (Å²) in [6.45, 7) is 4.15. The molecule has 2 nitrogen and oxygen atoms in total. The number of nitrogens with one attached hydrogen (secondary N) is 1. The van der Waals surface area contributed by atoms with Gasteiger partial charge in [-0.2, -0.15) is 0 Å². The minimum Gasteiger partial charge on any atom is -0.314 e. The number of hydrogen-bond donors (Lipinski definition) is 1. The Morgan fingerprint density at radius 3 is 2.63 bits per heavy atom. The summed E-state index contributed by atoms with van der Waals surface area (Å²) in [5, 5.41) is 3.59. The molecule has 0 amide bonds. The zero-order valence-corrected chi connectivity index (χ0v) is 11.6. The van der Waals surface area contributed by atoms with Crippen LogP contribution in [0.5, 0.6) is 0 Å². The van der Waals surface area contributed by atoms with Crippen LogP contribution in [0.4, 0.5) is 4.39 Å². The average Bonchev–Trinajstić information content (AvgIpc) is 2.62. The lowest BCUT2D eigenvalue weighted by molar-refractivity contribution is 0.110. The maximum Gasteiger partial charge on any atom is 0.123 e. The van der Waals surface area contributed by atoms with E-state index in [0.717, 1.165) is 18.7 Å². The molecule has 19 heavy (non-hydrogen) atoms. The summed E-state index contributed by atoms with van der Waals surface area (Å²) in [6, 6.07) is 9.12. The monoisotopic (exact) mass is 262 g/mol. The molecule has 0 aromatic heterocycles. The lowest BCUT2D eigenvalue weighted by Gasteiger charge is -2.39. The number of hydrogen-bond acceptors (Lipinski definition) is 2. The van der Waals surface area contributed by atoms with Crippen LogP contribution in [0.1, 0.15) is 38.2 Å². The maximum absolute atomic E-state index is 13.3. The number of halogens is 1. The van der Waals surface area contributed by atoms with Crippen LogP contribution >= 0.6 is 0 Å². The Labute approximate surface area is 115 Å². The summed E-state index contributed by atoms with van der Waals surface area (Å²) in [5.41, 5.74) is 1.11. The molecule has 2 aliphatic heterocycles. The zero-order valence-electron chi connectivity index (χ0n) is 11.6. The van der Waals surface area contributed by atoms with Crippen molar-refractivity contribution < 1.29 is 4.39 Å². The second-order valence-corrected chi connectivity index (χ2v) is 5.91. The molecule has 1 aromatic rings. The van der Waals surface area contributed by atoms with Crippen molar-refractivity contribution in [1.82, 2.24) is 10.2 Å². The van der Waals surface area contributed by atoms with Gasteiger partial charge in [-0.1, -0.05) is 19.1 Å². The van der Waals surface area contributed by atoms with Gasteiger partial charge in [0.1, 0.15) is 5.82 Å². The molecule has 3 rings (SSSR count). The van der Waals surface area contributed by atoms with Crippen molar-refractivity contribution in [3.8, 4) is 0 Å². The van der Waals surface area contributed by atoms with Crippen LogP contribution in [0, 0.1) is 5.82 Å². The molecule has 104 valence electrons. The van der Waals surface area contributed by atoms with Gasteiger partial charge in [-0.15, -0.1) is 0 Å². The van der Waals surface area contributed by atoms with E-state index in [2.05, 4.69) is 17.1 Å². The lowest BCUT2D eigenvalue weighted by Crippen LogP contribution is -2.48. The van der Waals surface area contributed by atoms with Crippen molar-refractivity contribution in [3.63, 3.8) is 0 Å². The molecule has 0 radical (unpaired) electrons. The fourth-order valence-corrected chi connectivity index (χ4v) is 3.83. The summed E-state index contributed by atoms with van der Waals surface area (Å²) in [4.78, 5) is 2.60. The van der Waals surface area contributed by atoms with Crippen molar-refractivity contribution >= 4 is 0 Å². The molecular formula is C16H23FN2. The van der Waals surface area contributed by atoms with Gasteiger partial charge in [0, 0.05) is 24.7 Å². The molecule has 2 aliphatic rings. The number of benzene rings is 1. The highest BCUT2D eigenvalue weighted by Gasteiger charge is 2.40. The fourth-order valence-electron chi connectivity index (χ4n) is 3.83. The molecule has 2 atom stereocenters. The van der Waals surface area contributed by atoms with Crippen LogP contribution in [0.2, 0.25) is 0 Å². The van der Waals surface area contributed by atoms with Crippen LogP contribution in [0.25, 0.3) is 0 Å². The molecule has 2 bridgehead atoms. The van der Waals surface area contributed by atoms with Crippen LogP contribution < -0.4 is 5.32 Å². The highest BCUT2D eigenvalue weighted by atomic mass is 19.1. The largest absolute Gasteiger partial charge is 0.314 e. The Morgan fingerprint density at radius 1 is 1.26 bits per heavy atom. The Kier molecular flexibility index (Phi) is 3.85. The van der Waals surface area contributed by atoms with E-state index in [1.165, 1.54) is 31.7 Å². The minimum absolute atomic E-state index is 0.118. The quantitative estimate of drug-likeness (QED) is 0.897. The highest BCUT2D eigenvalue weighted by Crippen LogP contribution is 2.36. The second-order valence-electron chi connectivity index (χ2n) is 5.91. The van der Waals surface area contributed by atoms with Crippen LogP contribution in [-0.4, -0.2) is 29.6 Å². The van der Waals surface area contributed by atoms with Crippen molar-refractivity contribution in [1.29, 1.82) is 0 Å². The van der Waals surface area contributed by atoms with Crippen molar-refractivity contribution in [2.24, 2.45) is 0 Å².